The minimum atomic E-state index is -0.629. The number of nitrogens with zero attached hydrogens (tertiary/aromatic N) is 3. The molecule has 5 nitrogen and oxygen atoms in total. The Bertz CT molecular complexity index is 799. The Morgan fingerprint density at radius 2 is 1.79 bits per heavy atom. The number of rotatable bonds is 3. The second-order valence-electron chi connectivity index (χ2n) is 4.34. The number of carbonyl (C=O) groups excluding carboxylic acids is 1. The molecule has 0 bridgehead atoms. The van der Waals surface area contributed by atoms with Crippen molar-refractivity contribution in [1.29, 1.82) is 0 Å². The molecule has 0 saturated heterocycles. The van der Waals surface area contributed by atoms with Gasteiger partial charge in [0.1, 0.15) is 5.82 Å². The van der Waals surface area contributed by atoms with Crippen molar-refractivity contribution in [1.82, 2.24) is 14.8 Å². The van der Waals surface area contributed by atoms with Gasteiger partial charge < -0.3 is 5.73 Å². The summed E-state index contributed by atoms with van der Waals surface area (Å²) in [5.41, 5.74) is 6.42. The van der Waals surface area contributed by atoms with Gasteiger partial charge in [0, 0.05) is 11.8 Å². The van der Waals surface area contributed by atoms with E-state index in [4.69, 9.17) is 5.73 Å². The van der Waals surface area contributed by atoms with Crippen molar-refractivity contribution in [2.45, 2.75) is 34.2 Å². The van der Waals surface area contributed by atoms with Crippen LogP contribution in [0.5, 0.6) is 0 Å². The Morgan fingerprint density at radius 3 is 2.42 bits per heavy atom. The minimum Gasteiger partial charge on any atom is -0.364 e. The van der Waals surface area contributed by atoms with Crippen LogP contribution >= 0.6 is 0 Å². The second kappa shape index (κ2) is 9.39. The third-order valence-electron chi connectivity index (χ3n) is 3.02. The highest BCUT2D eigenvalue weighted by atomic mass is 19.1. The zero-order valence-electron chi connectivity index (χ0n) is 14.5. The number of pyridine rings is 1. The molecule has 1 aromatic carbocycles. The average Bonchev–Trinajstić information content (AvgIpc) is 3.00. The van der Waals surface area contributed by atoms with Crippen LogP contribution in [0.1, 0.15) is 43.7 Å². The fourth-order valence-electron chi connectivity index (χ4n) is 2.09. The van der Waals surface area contributed by atoms with Gasteiger partial charge in [0.2, 0.25) is 0 Å². The lowest BCUT2D eigenvalue weighted by Gasteiger charge is -2.04. The molecule has 0 fully saturated rings. The maximum atomic E-state index is 13.7. The van der Waals surface area contributed by atoms with Crippen molar-refractivity contribution in [2.75, 3.05) is 0 Å². The van der Waals surface area contributed by atoms with Crippen LogP contribution in [0.2, 0.25) is 0 Å². The molecule has 24 heavy (non-hydrogen) atoms. The minimum absolute atomic E-state index is 0.143. The fourth-order valence-corrected chi connectivity index (χ4v) is 2.09. The quantitative estimate of drug-likeness (QED) is 0.794. The zero-order chi connectivity index (χ0) is 18.1. The molecule has 0 unspecified atom stereocenters. The van der Waals surface area contributed by atoms with Gasteiger partial charge in [0.15, 0.2) is 11.3 Å². The lowest BCUT2D eigenvalue weighted by Crippen LogP contribution is -2.13. The summed E-state index contributed by atoms with van der Waals surface area (Å²) in [6, 6.07) is 9.82. The van der Waals surface area contributed by atoms with Crippen LogP contribution in [-0.4, -0.2) is 20.7 Å². The van der Waals surface area contributed by atoms with Gasteiger partial charge in [0.25, 0.3) is 5.91 Å². The van der Waals surface area contributed by atoms with E-state index in [-0.39, 0.29) is 18.1 Å². The van der Waals surface area contributed by atoms with Crippen molar-refractivity contribution >= 4 is 16.9 Å². The number of primary amides is 1. The summed E-state index contributed by atoms with van der Waals surface area (Å²) in [6.45, 7) is 8.19. The van der Waals surface area contributed by atoms with Crippen LogP contribution in [0.25, 0.3) is 11.0 Å². The van der Waals surface area contributed by atoms with E-state index < -0.39 is 5.91 Å². The van der Waals surface area contributed by atoms with Crippen LogP contribution in [0.15, 0.2) is 42.6 Å². The Balaban J connectivity index is 0.000000671. The van der Waals surface area contributed by atoms with E-state index in [0.29, 0.717) is 16.6 Å². The topological polar surface area (TPSA) is 73.8 Å². The number of hydrogen-bond donors (Lipinski definition) is 1. The van der Waals surface area contributed by atoms with Crippen molar-refractivity contribution in [2.24, 2.45) is 5.73 Å². The summed E-state index contributed by atoms with van der Waals surface area (Å²) >= 11 is 0. The summed E-state index contributed by atoms with van der Waals surface area (Å²) in [5.74, 6) is -0.956. The van der Waals surface area contributed by atoms with Gasteiger partial charge in [-0.15, -0.1) is 0 Å². The molecule has 0 aliphatic heterocycles. The molecule has 6 heteroatoms. The molecular weight excluding hydrogens is 307 g/mol. The highest BCUT2D eigenvalue weighted by molar-refractivity contribution is 6.03. The summed E-state index contributed by atoms with van der Waals surface area (Å²) < 4.78 is 15.2. The van der Waals surface area contributed by atoms with E-state index in [1.54, 1.807) is 36.5 Å². The molecule has 0 radical (unpaired) electrons. The molecule has 1 amide bonds. The number of aromatic nitrogens is 3. The summed E-state index contributed by atoms with van der Waals surface area (Å²) in [4.78, 5) is 15.6. The van der Waals surface area contributed by atoms with Crippen LogP contribution in [-0.2, 0) is 6.54 Å². The van der Waals surface area contributed by atoms with E-state index in [9.17, 15) is 9.18 Å². The van der Waals surface area contributed by atoms with E-state index >= 15 is 0 Å². The first-order valence-electron chi connectivity index (χ1n) is 8.01. The second-order valence-corrected chi connectivity index (χ2v) is 4.34. The van der Waals surface area contributed by atoms with E-state index in [1.807, 2.05) is 27.7 Å². The van der Waals surface area contributed by atoms with E-state index in [1.165, 1.54) is 10.7 Å². The summed E-state index contributed by atoms with van der Waals surface area (Å²) in [6.07, 6.45) is 1.59. The molecule has 0 spiro atoms. The normalized spacial score (nSPS) is 9.54. The van der Waals surface area contributed by atoms with Gasteiger partial charge in [-0.05, 0) is 18.2 Å². The molecule has 2 heterocycles. The lowest BCUT2D eigenvalue weighted by molar-refractivity contribution is 0.0996. The molecule has 2 aromatic heterocycles. The average molecular weight is 330 g/mol. The van der Waals surface area contributed by atoms with Crippen LogP contribution < -0.4 is 5.73 Å². The maximum absolute atomic E-state index is 13.7. The number of fused-ring (bicyclic) bond motifs is 1. The predicted molar refractivity (Wildman–Crippen MR) is 94.2 cm³/mol. The van der Waals surface area contributed by atoms with Gasteiger partial charge in [-0.1, -0.05) is 45.9 Å². The Kier molecular flexibility index (Phi) is 7.55. The molecular formula is C18H23FN4O. The molecule has 3 rings (SSSR count). The third kappa shape index (κ3) is 4.16. The smallest absolute Gasteiger partial charge is 0.269 e. The number of halogens is 1. The Labute approximate surface area is 141 Å². The molecule has 0 saturated carbocycles. The molecule has 2 N–H and O–H groups in total. The van der Waals surface area contributed by atoms with Crippen molar-refractivity contribution in [3.05, 3.63) is 59.7 Å². The van der Waals surface area contributed by atoms with Crippen LogP contribution in [0.3, 0.4) is 0 Å². The molecule has 0 aliphatic carbocycles. The highest BCUT2D eigenvalue weighted by Gasteiger charge is 2.16. The number of nitrogens with two attached hydrogens (primary N) is 1. The van der Waals surface area contributed by atoms with E-state index in [2.05, 4.69) is 10.1 Å². The molecule has 0 aliphatic rings. The van der Waals surface area contributed by atoms with Gasteiger partial charge >= 0.3 is 0 Å². The monoisotopic (exact) mass is 330 g/mol. The maximum Gasteiger partial charge on any atom is 0.269 e. The first kappa shape index (κ1) is 19.3. The zero-order valence-corrected chi connectivity index (χ0v) is 14.5. The first-order valence-corrected chi connectivity index (χ1v) is 8.01. The third-order valence-corrected chi connectivity index (χ3v) is 3.02. The number of hydrogen-bond acceptors (Lipinski definition) is 3. The largest absolute Gasteiger partial charge is 0.364 e. The Hall–Kier alpha value is -2.76. The Morgan fingerprint density at radius 1 is 1.12 bits per heavy atom. The van der Waals surface area contributed by atoms with Crippen LogP contribution in [0.4, 0.5) is 4.39 Å². The highest BCUT2D eigenvalue weighted by Crippen LogP contribution is 2.18. The first-order chi connectivity index (χ1) is 11.7. The SMILES string of the molecule is CC.CC.NC(=O)c1nn(Cc2ccccc2F)c2ncccc12. The summed E-state index contributed by atoms with van der Waals surface area (Å²) in [5, 5.41) is 4.70. The van der Waals surface area contributed by atoms with Gasteiger partial charge in [0.05, 0.1) is 11.9 Å². The number of amides is 1. The standard InChI is InChI=1S/C14H11FN4O.2C2H6/c15-11-6-2-1-4-9(11)8-19-14-10(5-3-7-17-14)12(18-19)13(16)20;2*1-2/h1-7H,8H2,(H2,16,20);2*1-2H3. The van der Waals surface area contributed by atoms with Gasteiger partial charge in [-0.25, -0.2) is 14.1 Å². The predicted octanol–water partition coefficient (Wildman–Crippen LogP) is 3.77. The van der Waals surface area contributed by atoms with Gasteiger partial charge in [-0.2, -0.15) is 5.10 Å². The fraction of sp³-hybridized carbons (Fsp3) is 0.278. The number of carbonyl (C=O) groups is 1. The van der Waals surface area contributed by atoms with E-state index in [0.717, 1.165) is 0 Å². The number of benzene rings is 1. The summed E-state index contributed by atoms with van der Waals surface area (Å²) in [7, 11) is 0. The molecule has 0 atom stereocenters. The van der Waals surface area contributed by atoms with Crippen molar-refractivity contribution < 1.29 is 9.18 Å². The van der Waals surface area contributed by atoms with Crippen LogP contribution in [0, 0.1) is 5.82 Å². The molecule has 3 aromatic rings. The molecule has 128 valence electrons. The van der Waals surface area contributed by atoms with Crippen molar-refractivity contribution in [3.8, 4) is 0 Å². The lowest BCUT2D eigenvalue weighted by atomic mass is 10.2. The van der Waals surface area contributed by atoms with Crippen molar-refractivity contribution in [3.63, 3.8) is 0 Å². The van der Waals surface area contributed by atoms with Gasteiger partial charge in [-0.3, -0.25) is 4.79 Å².